The lowest BCUT2D eigenvalue weighted by Crippen LogP contribution is -2.26. The molecule has 0 bridgehead atoms. The van der Waals surface area contributed by atoms with Crippen molar-refractivity contribution in [1.82, 2.24) is 0 Å². The smallest absolute Gasteiger partial charge is 0.309 e. The topological polar surface area (TPSA) is 98.5 Å². The molecular formula is C17H22N2O4S. The molecule has 2 amide bonds. The number of nitrogens with two attached hydrogens (primary N) is 1. The molecule has 0 heterocycles. The number of anilines is 1. The van der Waals surface area contributed by atoms with Crippen LogP contribution in [0.25, 0.3) is 0 Å². The zero-order valence-corrected chi connectivity index (χ0v) is 14.3. The van der Waals surface area contributed by atoms with Gasteiger partial charge in [-0.15, -0.1) is 11.8 Å². The van der Waals surface area contributed by atoms with Gasteiger partial charge in [-0.2, -0.15) is 0 Å². The number of thioether (sulfide) groups is 1. The van der Waals surface area contributed by atoms with Crippen molar-refractivity contribution in [3.05, 3.63) is 24.3 Å². The van der Waals surface area contributed by atoms with E-state index in [1.807, 2.05) is 6.07 Å². The van der Waals surface area contributed by atoms with Crippen LogP contribution < -0.4 is 11.1 Å². The second-order valence-corrected chi connectivity index (χ2v) is 6.76. The molecular weight excluding hydrogens is 328 g/mol. The number of rotatable bonds is 7. The minimum Gasteiger partial charge on any atom is -0.455 e. The van der Waals surface area contributed by atoms with Crippen LogP contribution in [0.5, 0.6) is 0 Å². The van der Waals surface area contributed by atoms with Gasteiger partial charge in [-0.05, 0) is 25.0 Å². The molecule has 1 aliphatic carbocycles. The van der Waals surface area contributed by atoms with Crippen LogP contribution in [-0.2, 0) is 19.1 Å². The number of ether oxygens (including phenoxy) is 1. The average Bonchev–Trinajstić information content (AvgIpc) is 2.59. The van der Waals surface area contributed by atoms with E-state index in [2.05, 4.69) is 5.32 Å². The van der Waals surface area contributed by atoms with E-state index < -0.39 is 11.8 Å². The molecule has 3 N–H and O–H groups in total. The van der Waals surface area contributed by atoms with E-state index in [0.717, 1.165) is 37.0 Å². The Bertz CT molecular complexity index is 600. The van der Waals surface area contributed by atoms with Crippen molar-refractivity contribution in [2.24, 2.45) is 11.7 Å². The third kappa shape index (κ3) is 5.88. The Labute approximate surface area is 145 Å². The molecule has 1 aliphatic rings. The van der Waals surface area contributed by atoms with Gasteiger partial charge in [0, 0.05) is 4.90 Å². The number of esters is 1. The van der Waals surface area contributed by atoms with Gasteiger partial charge in [-0.1, -0.05) is 31.4 Å². The van der Waals surface area contributed by atoms with Crippen LogP contribution in [0.15, 0.2) is 29.2 Å². The SMILES string of the molecule is NC(=O)CSc1ccccc1NC(=O)COC(=O)C1CCCCC1. The van der Waals surface area contributed by atoms with Crippen molar-refractivity contribution in [2.75, 3.05) is 17.7 Å². The van der Waals surface area contributed by atoms with Crippen LogP contribution >= 0.6 is 11.8 Å². The number of carbonyl (C=O) groups is 3. The maximum absolute atomic E-state index is 12.0. The highest BCUT2D eigenvalue weighted by Gasteiger charge is 2.23. The molecule has 0 saturated heterocycles. The third-order valence-corrected chi connectivity index (χ3v) is 4.91. The van der Waals surface area contributed by atoms with Gasteiger partial charge in [0.2, 0.25) is 5.91 Å². The monoisotopic (exact) mass is 350 g/mol. The predicted octanol–water partition coefficient (Wildman–Crippen LogP) is 2.33. The first-order valence-corrected chi connectivity index (χ1v) is 9.01. The molecule has 0 aliphatic heterocycles. The van der Waals surface area contributed by atoms with E-state index >= 15 is 0 Å². The van der Waals surface area contributed by atoms with Gasteiger partial charge in [-0.25, -0.2) is 0 Å². The largest absolute Gasteiger partial charge is 0.455 e. The van der Waals surface area contributed by atoms with Gasteiger partial charge in [0.05, 0.1) is 17.4 Å². The number of benzene rings is 1. The van der Waals surface area contributed by atoms with Crippen molar-refractivity contribution in [2.45, 2.75) is 37.0 Å². The summed E-state index contributed by atoms with van der Waals surface area (Å²) in [6, 6.07) is 7.10. The summed E-state index contributed by atoms with van der Waals surface area (Å²) in [7, 11) is 0. The molecule has 0 atom stereocenters. The van der Waals surface area contributed by atoms with Gasteiger partial charge in [0.15, 0.2) is 6.61 Å². The summed E-state index contributed by atoms with van der Waals surface area (Å²) < 4.78 is 5.12. The number of para-hydroxylation sites is 1. The molecule has 130 valence electrons. The van der Waals surface area contributed by atoms with E-state index in [4.69, 9.17) is 10.5 Å². The highest BCUT2D eigenvalue weighted by atomic mass is 32.2. The summed E-state index contributed by atoms with van der Waals surface area (Å²) in [5.41, 5.74) is 5.71. The maximum Gasteiger partial charge on any atom is 0.309 e. The zero-order valence-electron chi connectivity index (χ0n) is 13.5. The highest BCUT2D eigenvalue weighted by Crippen LogP contribution is 2.27. The fourth-order valence-corrected chi connectivity index (χ4v) is 3.37. The first-order valence-electron chi connectivity index (χ1n) is 8.03. The molecule has 2 rings (SSSR count). The quantitative estimate of drug-likeness (QED) is 0.581. The number of nitrogens with one attached hydrogen (secondary N) is 1. The number of primary amides is 1. The fraction of sp³-hybridized carbons (Fsp3) is 0.471. The number of amides is 2. The summed E-state index contributed by atoms with van der Waals surface area (Å²) in [6.07, 6.45) is 4.91. The lowest BCUT2D eigenvalue weighted by atomic mass is 9.89. The Kier molecular flexibility index (Phi) is 7.11. The molecule has 1 aromatic carbocycles. The number of hydrogen-bond donors (Lipinski definition) is 2. The fourth-order valence-electron chi connectivity index (χ4n) is 2.62. The summed E-state index contributed by atoms with van der Waals surface area (Å²) >= 11 is 1.25. The second kappa shape index (κ2) is 9.32. The molecule has 6 nitrogen and oxygen atoms in total. The maximum atomic E-state index is 12.0. The van der Waals surface area contributed by atoms with E-state index in [-0.39, 0.29) is 24.2 Å². The zero-order chi connectivity index (χ0) is 17.4. The van der Waals surface area contributed by atoms with Crippen LogP contribution in [-0.4, -0.2) is 30.1 Å². The third-order valence-electron chi connectivity index (χ3n) is 3.82. The van der Waals surface area contributed by atoms with E-state index in [1.54, 1.807) is 18.2 Å². The van der Waals surface area contributed by atoms with Crippen molar-refractivity contribution >= 4 is 35.2 Å². The predicted molar refractivity (Wildman–Crippen MR) is 92.5 cm³/mol. The molecule has 0 aromatic heterocycles. The van der Waals surface area contributed by atoms with Crippen molar-refractivity contribution in [1.29, 1.82) is 0 Å². The molecule has 0 spiro atoms. The Balaban J connectivity index is 1.83. The van der Waals surface area contributed by atoms with Gasteiger partial charge < -0.3 is 15.8 Å². The summed E-state index contributed by atoms with van der Waals surface area (Å²) in [5, 5.41) is 2.70. The van der Waals surface area contributed by atoms with E-state index in [9.17, 15) is 14.4 Å². The second-order valence-electron chi connectivity index (χ2n) is 5.74. The van der Waals surface area contributed by atoms with Gasteiger partial charge in [0.1, 0.15) is 0 Å². The van der Waals surface area contributed by atoms with Crippen molar-refractivity contribution < 1.29 is 19.1 Å². The summed E-state index contributed by atoms with van der Waals surface area (Å²) in [5.74, 6) is -1.07. The number of carbonyl (C=O) groups excluding carboxylic acids is 3. The minimum atomic E-state index is -0.428. The van der Waals surface area contributed by atoms with Crippen LogP contribution in [0.1, 0.15) is 32.1 Å². The first kappa shape index (κ1) is 18.3. The lowest BCUT2D eigenvalue weighted by Gasteiger charge is -2.19. The molecule has 0 unspecified atom stereocenters. The Morgan fingerprint density at radius 1 is 1.17 bits per heavy atom. The molecule has 7 heteroatoms. The first-order chi connectivity index (χ1) is 11.6. The normalized spacial score (nSPS) is 14.8. The molecule has 0 radical (unpaired) electrons. The van der Waals surface area contributed by atoms with Crippen molar-refractivity contribution in [3.8, 4) is 0 Å². The van der Waals surface area contributed by atoms with Crippen molar-refractivity contribution in [3.63, 3.8) is 0 Å². The average molecular weight is 350 g/mol. The molecule has 1 saturated carbocycles. The van der Waals surface area contributed by atoms with Crippen LogP contribution in [0, 0.1) is 5.92 Å². The van der Waals surface area contributed by atoms with Gasteiger partial charge in [-0.3, -0.25) is 14.4 Å². The Morgan fingerprint density at radius 2 is 1.88 bits per heavy atom. The molecule has 1 fully saturated rings. The van der Waals surface area contributed by atoms with E-state index in [1.165, 1.54) is 11.8 Å². The standard InChI is InChI=1S/C17H22N2O4S/c18-15(20)11-24-14-9-5-4-8-13(14)19-16(21)10-23-17(22)12-6-2-1-3-7-12/h4-5,8-9,12H,1-3,6-7,10-11H2,(H2,18,20)(H,19,21). The summed E-state index contributed by atoms with van der Waals surface area (Å²) in [6.45, 7) is -0.301. The van der Waals surface area contributed by atoms with Gasteiger partial charge in [0.25, 0.3) is 5.91 Å². The van der Waals surface area contributed by atoms with Crippen LogP contribution in [0.4, 0.5) is 5.69 Å². The lowest BCUT2D eigenvalue weighted by molar-refractivity contribution is -0.152. The van der Waals surface area contributed by atoms with Gasteiger partial charge >= 0.3 is 5.97 Å². The molecule has 24 heavy (non-hydrogen) atoms. The molecule has 1 aromatic rings. The Hall–Kier alpha value is -2.02. The number of hydrogen-bond acceptors (Lipinski definition) is 5. The minimum absolute atomic E-state index is 0.0787. The Morgan fingerprint density at radius 3 is 2.58 bits per heavy atom. The van der Waals surface area contributed by atoms with E-state index in [0.29, 0.717) is 5.69 Å². The summed E-state index contributed by atoms with van der Waals surface area (Å²) in [4.78, 5) is 35.6. The van der Waals surface area contributed by atoms with Crippen LogP contribution in [0.2, 0.25) is 0 Å². The van der Waals surface area contributed by atoms with Crippen LogP contribution in [0.3, 0.4) is 0 Å². The highest BCUT2D eigenvalue weighted by molar-refractivity contribution is 8.00.